The van der Waals surface area contributed by atoms with E-state index in [-0.39, 0.29) is 48.3 Å². The molecule has 2 heterocycles. The first-order valence-corrected chi connectivity index (χ1v) is 10.1. The van der Waals surface area contributed by atoms with Crippen molar-refractivity contribution in [2.45, 2.75) is 30.7 Å². The predicted octanol–water partition coefficient (Wildman–Crippen LogP) is 1.47. The molecule has 3 rings (SSSR count). The van der Waals surface area contributed by atoms with Gasteiger partial charge in [0.1, 0.15) is 10.7 Å². The van der Waals surface area contributed by atoms with Crippen LogP contribution in [0, 0.1) is 11.7 Å². The van der Waals surface area contributed by atoms with E-state index in [1.807, 2.05) is 11.8 Å². The zero-order valence-electron chi connectivity index (χ0n) is 14.7. The Kier molecular flexibility index (Phi) is 7.01. The lowest BCUT2D eigenvalue weighted by Crippen LogP contribution is -2.55. The molecule has 2 saturated heterocycles. The molecule has 0 unspecified atom stereocenters. The topological polar surface area (TPSA) is 69.7 Å². The third-order valence-electron chi connectivity index (χ3n) is 5.04. The third-order valence-corrected chi connectivity index (χ3v) is 6.97. The van der Waals surface area contributed by atoms with Crippen molar-refractivity contribution in [2.24, 2.45) is 5.92 Å². The number of hydrogen-bond donors (Lipinski definition) is 1. The number of halogens is 2. The smallest absolute Gasteiger partial charge is 0.245 e. The molecule has 9 heteroatoms. The van der Waals surface area contributed by atoms with Crippen molar-refractivity contribution in [3.8, 4) is 0 Å². The summed E-state index contributed by atoms with van der Waals surface area (Å²) in [5.74, 6) is -0.792. The summed E-state index contributed by atoms with van der Waals surface area (Å²) in [5.41, 5.74) is 0. The van der Waals surface area contributed by atoms with Crippen molar-refractivity contribution in [3.05, 3.63) is 30.1 Å². The quantitative estimate of drug-likeness (QED) is 0.826. The summed E-state index contributed by atoms with van der Waals surface area (Å²) < 4.78 is 40.4. The molecular formula is C17H25ClFN3O3S. The summed E-state index contributed by atoms with van der Waals surface area (Å²) in [5, 5.41) is 3.26. The molecule has 0 radical (unpaired) electrons. The third kappa shape index (κ3) is 4.19. The fraction of sp³-hybridized carbons (Fsp3) is 0.588. The summed E-state index contributed by atoms with van der Waals surface area (Å²) in [4.78, 5) is 14.3. The zero-order valence-corrected chi connectivity index (χ0v) is 16.4. The summed E-state index contributed by atoms with van der Waals surface area (Å²) in [6.45, 7) is 4.76. The van der Waals surface area contributed by atoms with Gasteiger partial charge in [-0.2, -0.15) is 4.31 Å². The van der Waals surface area contributed by atoms with E-state index < -0.39 is 15.8 Å². The number of carbonyl (C=O) groups excluding carboxylic acids is 1. The van der Waals surface area contributed by atoms with E-state index in [4.69, 9.17) is 0 Å². The molecule has 1 atom stereocenters. The van der Waals surface area contributed by atoms with Crippen LogP contribution in [-0.2, 0) is 14.8 Å². The van der Waals surface area contributed by atoms with Crippen LogP contribution in [0.15, 0.2) is 29.2 Å². The van der Waals surface area contributed by atoms with Gasteiger partial charge in [0.2, 0.25) is 15.9 Å². The van der Waals surface area contributed by atoms with Gasteiger partial charge in [-0.25, -0.2) is 12.8 Å². The Labute approximate surface area is 160 Å². The van der Waals surface area contributed by atoms with E-state index in [0.29, 0.717) is 19.4 Å². The van der Waals surface area contributed by atoms with Crippen LogP contribution >= 0.6 is 12.4 Å². The Morgan fingerprint density at radius 1 is 1.19 bits per heavy atom. The standard InChI is InChI=1S/C17H24FN3O3S.ClH/c1-13-12-19-8-11-21(13)17(22)14-6-9-20(10-7-14)25(23,24)16-5-3-2-4-15(16)18;/h2-5,13-14,19H,6-12H2,1H3;1H/t13-;/m1./s1. The van der Waals surface area contributed by atoms with Crippen molar-refractivity contribution in [2.75, 3.05) is 32.7 Å². The minimum Gasteiger partial charge on any atom is -0.337 e. The number of sulfonamides is 1. The number of nitrogens with zero attached hydrogens (tertiary/aromatic N) is 2. The number of piperazine rings is 1. The number of benzene rings is 1. The maximum atomic E-state index is 13.9. The maximum absolute atomic E-state index is 13.9. The molecule has 26 heavy (non-hydrogen) atoms. The molecular weight excluding hydrogens is 381 g/mol. The van der Waals surface area contributed by atoms with Crippen LogP contribution in [0.2, 0.25) is 0 Å². The van der Waals surface area contributed by atoms with Gasteiger partial charge in [0, 0.05) is 44.7 Å². The van der Waals surface area contributed by atoms with Crippen molar-refractivity contribution in [3.63, 3.8) is 0 Å². The molecule has 1 aromatic carbocycles. The van der Waals surface area contributed by atoms with Crippen molar-refractivity contribution in [1.29, 1.82) is 0 Å². The van der Waals surface area contributed by atoms with Crippen LogP contribution in [0.25, 0.3) is 0 Å². The van der Waals surface area contributed by atoms with Gasteiger partial charge in [0.05, 0.1) is 0 Å². The normalized spacial score (nSPS) is 22.7. The summed E-state index contributed by atoms with van der Waals surface area (Å²) in [6, 6.07) is 5.56. The number of hydrogen-bond acceptors (Lipinski definition) is 4. The van der Waals surface area contributed by atoms with E-state index >= 15 is 0 Å². The van der Waals surface area contributed by atoms with Gasteiger partial charge in [-0.15, -0.1) is 12.4 Å². The Morgan fingerprint density at radius 2 is 1.85 bits per heavy atom. The van der Waals surface area contributed by atoms with Crippen LogP contribution < -0.4 is 5.32 Å². The molecule has 2 aliphatic rings. The van der Waals surface area contributed by atoms with Crippen LogP contribution in [0.4, 0.5) is 4.39 Å². The fourth-order valence-corrected chi connectivity index (χ4v) is 5.07. The average molecular weight is 406 g/mol. The molecule has 1 N–H and O–H groups in total. The van der Waals surface area contributed by atoms with Crippen molar-refractivity contribution >= 4 is 28.3 Å². The molecule has 1 aromatic rings. The summed E-state index contributed by atoms with van der Waals surface area (Å²) in [6.07, 6.45) is 0.951. The Balaban J connectivity index is 0.00000243. The lowest BCUT2D eigenvalue weighted by Gasteiger charge is -2.38. The predicted molar refractivity (Wildman–Crippen MR) is 99.2 cm³/mol. The highest BCUT2D eigenvalue weighted by molar-refractivity contribution is 7.89. The second kappa shape index (κ2) is 8.65. The molecule has 0 spiro atoms. The maximum Gasteiger partial charge on any atom is 0.245 e. The average Bonchev–Trinajstić information content (AvgIpc) is 2.62. The molecule has 0 aliphatic carbocycles. The first-order chi connectivity index (χ1) is 11.9. The SMILES string of the molecule is C[C@@H]1CNCCN1C(=O)C1CCN(S(=O)(=O)c2ccccc2F)CC1.Cl. The minimum atomic E-state index is -3.85. The fourth-order valence-electron chi connectivity index (χ4n) is 3.54. The van der Waals surface area contributed by atoms with Crippen LogP contribution in [0.5, 0.6) is 0 Å². The molecule has 0 saturated carbocycles. The molecule has 6 nitrogen and oxygen atoms in total. The number of rotatable bonds is 3. The van der Waals surface area contributed by atoms with Crippen molar-refractivity contribution < 1.29 is 17.6 Å². The number of nitrogens with one attached hydrogen (secondary N) is 1. The van der Waals surface area contributed by atoms with Gasteiger partial charge in [0.15, 0.2) is 0 Å². The van der Waals surface area contributed by atoms with Crippen LogP contribution in [-0.4, -0.2) is 62.3 Å². The molecule has 2 aliphatic heterocycles. The van der Waals surface area contributed by atoms with Crippen LogP contribution in [0.3, 0.4) is 0 Å². The minimum absolute atomic E-state index is 0. The number of carbonyl (C=O) groups is 1. The van der Waals surface area contributed by atoms with E-state index in [9.17, 15) is 17.6 Å². The number of amides is 1. The first kappa shape index (κ1) is 21.1. The molecule has 0 bridgehead atoms. The van der Waals surface area contributed by atoms with Gasteiger partial charge in [0.25, 0.3) is 0 Å². The zero-order chi connectivity index (χ0) is 18.0. The summed E-state index contributed by atoms with van der Waals surface area (Å²) >= 11 is 0. The Hall–Kier alpha value is -1.22. The first-order valence-electron chi connectivity index (χ1n) is 8.67. The van der Waals surface area contributed by atoms with Gasteiger partial charge >= 0.3 is 0 Å². The van der Waals surface area contributed by atoms with Gasteiger partial charge < -0.3 is 10.2 Å². The largest absolute Gasteiger partial charge is 0.337 e. The second-order valence-corrected chi connectivity index (χ2v) is 8.60. The van der Waals surface area contributed by atoms with E-state index in [1.54, 1.807) is 0 Å². The highest BCUT2D eigenvalue weighted by Crippen LogP contribution is 2.27. The second-order valence-electron chi connectivity index (χ2n) is 6.69. The van der Waals surface area contributed by atoms with E-state index in [2.05, 4.69) is 5.32 Å². The monoisotopic (exact) mass is 405 g/mol. The van der Waals surface area contributed by atoms with Gasteiger partial charge in [-0.05, 0) is 31.9 Å². The Morgan fingerprint density at radius 3 is 2.46 bits per heavy atom. The lowest BCUT2D eigenvalue weighted by molar-refractivity contribution is -0.139. The highest BCUT2D eigenvalue weighted by atomic mass is 35.5. The highest BCUT2D eigenvalue weighted by Gasteiger charge is 2.36. The molecule has 0 aromatic heterocycles. The van der Waals surface area contributed by atoms with E-state index in [1.165, 1.54) is 22.5 Å². The van der Waals surface area contributed by atoms with Crippen molar-refractivity contribution in [1.82, 2.24) is 14.5 Å². The van der Waals surface area contributed by atoms with E-state index in [0.717, 1.165) is 19.2 Å². The van der Waals surface area contributed by atoms with Gasteiger partial charge in [-0.1, -0.05) is 12.1 Å². The molecule has 1 amide bonds. The Bertz CT molecular complexity index is 739. The van der Waals surface area contributed by atoms with Gasteiger partial charge in [-0.3, -0.25) is 4.79 Å². The lowest BCUT2D eigenvalue weighted by atomic mass is 9.95. The van der Waals surface area contributed by atoms with Crippen LogP contribution in [0.1, 0.15) is 19.8 Å². The molecule has 146 valence electrons. The molecule has 2 fully saturated rings. The summed E-state index contributed by atoms with van der Waals surface area (Å²) in [7, 11) is -3.85. The number of piperidine rings is 1.